The summed E-state index contributed by atoms with van der Waals surface area (Å²) in [6, 6.07) is 11.1. The summed E-state index contributed by atoms with van der Waals surface area (Å²) in [4.78, 5) is 29.9. The minimum atomic E-state index is -1.09. The number of carbonyl (C=O) groups excluding carboxylic acids is 2. The third kappa shape index (κ3) is 5.35. The van der Waals surface area contributed by atoms with Gasteiger partial charge in [-0.15, -0.1) is 0 Å². The molecular weight excluding hydrogens is 428 g/mol. The van der Waals surface area contributed by atoms with E-state index in [-0.39, 0.29) is 23.8 Å². The Labute approximate surface area is 182 Å². The Kier molecular flexibility index (Phi) is 6.81. The van der Waals surface area contributed by atoms with Crippen LogP contribution in [0.5, 0.6) is 5.75 Å². The van der Waals surface area contributed by atoms with Crippen molar-refractivity contribution in [1.82, 2.24) is 4.98 Å². The molecule has 1 aromatic heterocycles. The first-order chi connectivity index (χ1) is 14.8. The summed E-state index contributed by atoms with van der Waals surface area (Å²) in [6.07, 6.45) is 1.40. The van der Waals surface area contributed by atoms with Crippen molar-refractivity contribution < 1.29 is 23.1 Å². The van der Waals surface area contributed by atoms with Gasteiger partial charge in [-0.1, -0.05) is 17.7 Å². The molecule has 0 atom stereocenters. The Morgan fingerprint density at radius 1 is 1.10 bits per heavy atom. The minimum absolute atomic E-state index is 0.0140. The molecule has 0 aliphatic carbocycles. The number of hydrogen-bond acceptors (Lipinski definition) is 4. The standard InChI is InChI=1S/C22H18ClF2N3O3/c1-13(29)28(16-4-6-19(24)20(25)11-16)21-10-15(7-8-26-21)27-22(30)9-14-3-5-17(31-2)12-18(14)23/h3-8,10-12H,9H2,1-2H3,(H,26,27,30). The third-order valence-corrected chi connectivity index (χ3v) is 4.70. The van der Waals surface area contributed by atoms with Crippen LogP contribution in [-0.2, 0) is 16.0 Å². The lowest BCUT2D eigenvalue weighted by molar-refractivity contribution is -0.116. The van der Waals surface area contributed by atoms with Gasteiger partial charge < -0.3 is 10.1 Å². The first-order valence-electron chi connectivity index (χ1n) is 9.12. The molecule has 0 saturated carbocycles. The van der Waals surface area contributed by atoms with Gasteiger partial charge in [0, 0.05) is 36.0 Å². The van der Waals surface area contributed by atoms with Crippen LogP contribution in [-0.4, -0.2) is 23.9 Å². The van der Waals surface area contributed by atoms with Crippen LogP contribution < -0.4 is 15.0 Å². The van der Waals surface area contributed by atoms with Crippen molar-refractivity contribution in [2.24, 2.45) is 0 Å². The van der Waals surface area contributed by atoms with E-state index >= 15 is 0 Å². The van der Waals surface area contributed by atoms with Crippen LogP contribution in [0.4, 0.5) is 26.0 Å². The van der Waals surface area contributed by atoms with E-state index in [2.05, 4.69) is 10.3 Å². The molecule has 0 unspecified atom stereocenters. The maximum absolute atomic E-state index is 13.6. The fraction of sp³-hybridized carbons (Fsp3) is 0.136. The normalized spacial score (nSPS) is 10.5. The number of rotatable bonds is 6. The first-order valence-corrected chi connectivity index (χ1v) is 9.50. The van der Waals surface area contributed by atoms with Crippen LogP contribution in [0.2, 0.25) is 5.02 Å². The second-order valence-corrected chi connectivity index (χ2v) is 6.95. The SMILES string of the molecule is COc1ccc(CC(=O)Nc2ccnc(N(C(C)=O)c3ccc(F)c(F)c3)c2)c(Cl)c1. The highest BCUT2D eigenvalue weighted by atomic mass is 35.5. The summed E-state index contributed by atoms with van der Waals surface area (Å²) in [6.45, 7) is 1.26. The summed E-state index contributed by atoms with van der Waals surface area (Å²) < 4.78 is 32.0. The molecule has 0 bridgehead atoms. The molecular formula is C22H18ClF2N3O3. The predicted octanol–water partition coefficient (Wildman–Crippen LogP) is 4.89. The molecule has 0 fully saturated rings. The van der Waals surface area contributed by atoms with E-state index in [1.807, 2.05) is 0 Å². The van der Waals surface area contributed by atoms with Crippen molar-refractivity contribution in [3.8, 4) is 5.75 Å². The van der Waals surface area contributed by atoms with E-state index in [0.29, 0.717) is 22.0 Å². The van der Waals surface area contributed by atoms with Gasteiger partial charge in [-0.2, -0.15) is 0 Å². The maximum atomic E-state index is 13.6. The van der Waals surface area contributed by atoms with Crippen molar-refractivity contribution >= 4 is 40.6 Å². The minimum Gasteiger partial charge on any atom is -0.497 e. The highest BCUT2D eigenvalue weighted by Gasteiger charge is 2.18. The highest BCUT2D eigenvalue weighted by molar-refractivity contribution is 6.31. The lowest BCUT2D eigenvalue weighted by atomic mass is 10.1. The quantitative estimate of drug-likeness (QED) is 0.586. The van der Waals surface area contributed by atoms with Gasteiger partial charge in [0.25, 0.3) is 0 Å². The zero-order chi connectivity index (χ0) is 22.5. The van der Waals surface area contributed by atoms with Crippen LogP contribution in [0.3, 0.4) is 0 Å². The summed E-state index contributed by atoms with van der Waals surface area (Å²) in [5, 5.41) is 3.11. The van der Waals surface area contributed by atoms with Crippen molar-refractivity contribution in [2.45, 2.75) is 13.3 Å². The molecule has 6 nitrogen and oxygen atoms in total. The number of amides is 2. The lowest BCUT2D eigenvalue weighted by Crippen LogP contribution is -2.24. The molecule has 3 rings (SSSR count). The van der Waals surface area contributed by atoms with Gasteiger partial charge in [0.05, 0.1) is 19.2 Å². The molecule has 2 aromatic carbocycles. The van der Waals surface area contributed by atoms with Crippen molar-refractivity contribution in [1.29, 1.82) is 0 Å². The topological polar surface area (TPSA) is 71.5 Å². The van der Waals surface area contributed by atoms with Gasteiger partial charge in [0.2, 0.25) is 11.8 Å². The van der Waals surface area contributed by atoms with Gasteiger partial charge in [-0.05, 0) is 35.9 Å². The number of aromatic nitrogens is 1. The summed E-state index contributed by atoms with van der Waals surface area (Å²) in [7, 11) is 1.52. The fourth-order valence-electron chi connectivity index (χ4n) is 2.89. The van der Waals surface area contributed by atoms with Gasteiger partial charge >= 0.3 is 0 Å². The summed E-state index contributed by atoms with van der Waals surface area (Å²) in [5.74, 6) is -2.21. The van der Waals surface area contributed by atoms with E-state index in [0.717, 1.165) is 17.0 Å². The van der Waals surface area contributed by atoms with E-state index in [4.69, 9.17) is 16.3 Å². The maximum Gasteiger partial charge on any atom is 0.229 e. The number of pyridine rings is 1. The first kappa shape index (κ1) is 22.2. The van der Waals surface area contributed by atoms with E-state index < -0.39 is 17.5 Å². The Bertz CT molecular complexity index is 1140. The molecule has 9 heteroatoms. The number of benzene rings is 2. The van der Waals surface area contributed by atoms with Crippen LogP contribution in [0, 0.1) is 11.6 Å². The van der Waals surface area contributed by atoms with Gasteiger partial charge in [-0.25, -0.2) is 13.8 Å². The second-order valence-electron chi connectivity index (χ2n) is 6.54. The molecule has 0 radical (unpaired) electrons. The monoisotopic (exact) mass is 445 g/mol. The van der Waals surface area contributed by atoms with Crippen molar-refractivity contribution in [3.05, 3.63) is 76.9 Å². The van der Waals surface area contributed by atoms with Crippen molar-refractivity contribution in [2.75, 3.05) is 17.3 Å². The van der Waals surface area contributed by atoms with Gasteiger partial charge in [0.1, 0.15) is 11.6 Å². The Balaban J connectivity index is 1.80. The van der Waals surface area contributed by atoms with Crippen LogP contribution in [0.25, 0.3) is 0 Å². The van der Waals surface area contributed by atoms with Gasteiger partial charge in [-0.3, -0.25) is 14.5 Å². The second kappa shape index (κ2) is 9.53. The van der Waals surface area contributed by atoms with E-state index in [1.165, 1.54) is 32.4 Å². The molecule has 0 spiro atoms. The number of hydrogen-bond donors (Lipinski definition) is 1. The lowest BCUT2D eigenvalue weighted by Gasteiger charge is -2.21. The molecule has 3 aromatic rings. The molecule has 1 heterocycles. The van der Waals surface area contributed by atoms with E-state index in [1.54, 1.807) is 24.3 Å². The Hall–Kier alpha value is -3.52. The number of methoxy groups -OCH3 is 1. The fourth-order valence-corrected chi connectivity index (χ4v) is 3.13. The molecule has 0 aliphatic rings. The number of anilines is 3. The summed E-state index contributed by atoms with van der Waals surface area (Å²) >= 11 is 6.18. The zero-order valence-corrected chi connectivity index (χ0v) is 17.4. The van der Waals surface area contributed by atoms with Gasteiger partial charge in [0.15, 0.2) is 11.6 Å². The number of nitrogens with one attached hydrogen (secondary N) is 1. The number of halogens is 3. The molecule has 0 aliphatic heterocycles. The smallest absolute Gasteiger partial charge is 0.229 e. The van der Waals surface area contributed by atoms with Crippen LogP contribution >= 0.6 is 11.6 Å². The molecule has 160 valence electrons. The average molecular weight is 446 g/mol. The van der Waals surface area contributed by atoms with Crippen molar-refractivity contribution in [3.63, 3.8) is 0 Å². The predicted molar refractivity (Wildman–Crippen MR) is 114 cm³/mol. The highest BCUT2D eigenvalue weighted by Crippen LogP contribution is 2.28. The Morgan fingerprint density at radius 2 is 1.87 bits per heavy atom. The average Bonchev–Trinajstić information content (AvgIpc) is 2.72. The summed E-state index contributed by atoms with van der Waals surface area (Å²) in [5.41, 5.74) is 1.09. The zero-order valence-electron chi connectivity index (χ0n) is 16.7. The number of carbonyl (C=O) groups is 2. The largest absolute Gasteiger partial charge is 0.497 e. The Morgan fingerprint density at radius 3 is 2.52 bits per heavy atom. The molecule has 31 heavy (non-hydrogen) atoms. The molecule has 0 saturated heterocycles. The molecule has 1 N–H and O–H groups in total. The number of nitrogens with zero attached hydrogens (tertiary/aromatic N) is 2. The van der Waals surface area contributed by atoms with Crippen LogP contribution in [0.15, 0.2) is 54.7 Å². The molecule has 2 amide bonds. The van der Waals surface area contributed by atoms with Crippen LogP contribution in [0.1, 0.15) is 12.5 Å². The number of ether oxygens (including phenoxy) is 1. The third-order valence-electron chi connectivity index (χ3n) is 4.35. The van der Waals surface area contributed by atoms with E-state index in [9.17, 15) is 18.4 Å².